The van der Waals surface area contributed by atoms with E-state index >= 15 is 0 Å². The maximum absolute atomic E-state index is 2.45. The standard InChI is InChI=1S/C42H32/c1-41(2)35-12-8-7-11-33(35)39-31-20-22-37-40(32(31)19-21-36(39)41)34-18-16-27(24-38(34)42(37,3)4)26-15-17-30-28(23-26)14-13-25-9-5-6-10-29(25)30/h5-24H,1-4H3. The third-order valence-corrected chi connectivity index (χ3v) is 10.5. The molecule has 0 spiro atoms. The molecule has 2 aliphatic carbocycles. The minimum atomic E-state index is -0.0713. The van der Waals surface area contributed by atoms with E-state index in [1.54, 1.807) is 0 Å². The summed E-state index contributed by atoms with van der Waals surface area (Å²) in [5, 5.41) is 7.96. The fourth-order valence-corrected chi connectivity index (χ4v) is 8.22. The number of hydrogen-bond donors (Lipinski definition) is 0. The van der Waals surface area contributed by atoms with Crippen molar-refractivity contribution in [3.63, 3.8) is 0 Å². The van der Waals surface area contributed by atoms with Gasteiger partial charge in [0.25, 0.3) is 0 Å². The summed E-state index contributed by atoms with van der Waals surface area (Å²) in [5.41, 5.74) is 13.8. The van der Waals surface area contributed by atoms with Crippen LogP contribution >= 0.6 is 0 Å². The lowest BCUT2D eigenvalue weighted by Crippen LogP contribution is -2.15. The average Bonchev–Trinajstić information content (AvgIpc) is 3.40. The first-order chi connectivity index (χ1) is 20.3. The molecular weight excluding hydrogens is 504 g/mol. The lowest BCUT2D eigenvalue weighted by molar-refractivity contribution is 0.660. The zero-order chi connectivity index (χ0) is 28.4. The predicted octanol–water partition coefficient (Wildman–Crippen LogP) is 11.4. The smallest absolute Gasteiger partial charge is 0.0159 e. The minimum absolute atomic E-state index is 0.0113. The van der Waals surface area contributed by atoms with Gasteiger partial charge in [-0.05, 0) is 100 Å². The Morgan fingerprint density at radius 2 is 0.905 bits per heavy atom. The highest BCUT2D eigenvalue weighted by atomic mass is 14.4. The van der Waals surface area contributed by atoms with E-state index in [1.807, 2.05) is 0 Å². The SMILES string of the molecule is CC1(C)c2ccccc2-c2c1ccc1c3c(ccc21)C(C)(C)c1cc(-c2ccc4c(ccc5ccccc54)c2)ccc1-3. The van der Waals surface area contributed by atoms with E-state index in [1.165, 1.54) is 88.0 Å². The van der Waals surface area contributed by atoms with Crippen molar-refractivity contribution in [2.75, 3.05) is 0 Å². The summed E-state index contributed by atoms with van der Waals surface area (Å²) in [6.07, 6.45) is 0. The van der Waals surface area contributed by atoms with E-state index in [0.29, 0.717) is 0 Å². The van der Waals surface area contributed by atoms with Gasteiger partial charge in [-0.1, -0.05) is 137 Å². The topological polar surface area (TPSA) is 0 Å². The van der Waals surface area contributed by atoms with Gasteiger partial charge >= 0.3 is 0 Å². The first-order valence-electron chi connectivity index (χ1n) is 15.1. The predicted molar refractivity (Wildman–Crippen MR) is 180 cm³/mol. The van der Waals surface area contributed by atoms with Gasteiger partial charge in [0.2, 0.25) is 0 Å². The van der Waals surface area contributed by atoms with Gasteiger partial charge in [-0.15, -0.1) is 0 Å². The maximum atomic E-state index is 2.45. The van der Waals surface area contributed by atoms with Crippen molar-refractivity contribution in [3.8, 4) is 33.4 Å². The van der Waals surface area contributed by atoms with Gasteiger partial charge in [-0.3, -0.25) is 0 Å². The Bertz CT molecular complexity index is 2290. The lowest BCUT2D eigenvalue weighted by Gasteiger charge is -2.23. The molecule has 0 N–H and O–H groups in total. The highest BCUT2D eigenvalue weighted by molar-refractivity contribution is 6.11. The first kappa shape index (κ1) is 24.0. The zero-order valence-electron chi connectivity index (χ0n) is 24.5. The van der Waals surface area contributed by atoms with Gasteiger partial charge in [0.15, 0.2) is 0 Å². The van der Waals surface area contributed by atoms with Crippen molar-refractivity contribution in [2.45, 2.75) is 38.5 Å². The molecule has 7 aromatic carbocycles. The molecule has 0 amide bonds. The second-order valence-electron chi connectivity index (χ2n) is 13.3. The zero-order valence-corrected chi connectivity index (χ0v) is 24.5. The average molecular weight is 537 g/mol. The Morgan fingerprint density at radius 3 is 1.69 bits per heavy atom. The van der Waals surface area contributed by atoms with Crippen molar-refractivity contribution in [3.05, 3.63) is 144 Å². The van der Waals surface area contributed by atoms with Crippen LogP contribution in [0, 0.1) is 0 Å². The Hall–Kier alpha value is -4.68. The molecule has 7 aromatic rings. The molecule has 0 aliphatic heterocycles. The molecule has 9 rings (SSSR count). The summed E-state index contributed by atoms with van der Waals surface area (Å²) < 4.78 is 0. The van der Waals surface area contributed by atoms with Crippen LogP contribution in [0.3, 0.4) is 0 Å². The molecule has 0 atom stereocenters. The lowest BCUT2D eigenvalue weighted by atomic mass is 9.80. The van der Waals surface area contributed by atoms with Crippen LogP contribution in [-0.2, 0) is 10.8 Å². The minimum Gasteiger partial charge on any atom is -0.0619 e. The Labute approximate surface area is 247 Å². The number of hydrogen-bond acceptors (Lipinski definition) is 0. The fourth-order valence-electron chi connectivity index (χ4n) is 8.22. The molecule has 0 aromatic heterocycles. The molecule has 0 nitrogen and oxygen atoms in total. The van der Waals surface area contributed by atoms with Gasteiger partial charge in [-0.2, -0.15) is 0 Å². The van der Waals surface area contributed by atoms with E-state index in [4.69, 9.17) is 0 Å². The van der Waals surface area contributed by atoms with Gasteiger partial charge in [-0.25, -0.2) is 0 Å². The van der Waals surface area contributed by atoms with Gasteiger partial charge in [0.1, 0.15) is 0 Å². The molecule has 0 heteroatoms. The summed E-state index contributed by atoms with van der Waals surface area (Å²) in [4.78, 5) is 0. The number of fused-ring (bicyclic) bond motifs is 12. The van der Waals surface area contributed by atoms with E-state index < -0.39 is 0 Å². The van der Waals surface area contributed by atoms with Gasteiger partial charge < -0.3 is 0 Å². The molecular formula is C42H32. The summed E-state index contributed by atoms with van der Waals surface area (Å²) in [7, 11) is 0. The van der Waals surface area contributed by atoms with Crippen LogP contribution in [0.2, 0.25) is 0 Å². The molecule has 0 fully saturated rings. The number of rotatable bonds is 1. The third-order valence-electron chi connectivity index (χ3n) is 10.5. The molecule has 200 valence electrons. The normalized spacial score (nSPS) is 15.5. The van der Waals surface area contributed by atoms with Crippen molar-refractivity contribution in [1.29, 1.82) is 0 Å². The second kappa shape index (κ2) is 7.99. The molecule has 0 heterocycles. The van der Waals surface area contributed by atoms with Crippen LogP contribution in [0.25, 0.3) is 65.7 Å². The van der Waals surface area contributed by atoms with Gasteiger partial charge in [0, 0.05) is 10.8 Å². The van der Waals surface area contributed by atoms with Crippen LogP contribution < -0.4 is 0 Å². The Morgan fingerprint density at radius 1 is 0.357 bits per heavy atom. The fraction of sp³-hybridized carbons (Fsp3) is 0.143. The molecule has 42 heavy (non-hydrogen) atoms. The Balaban J connectivity index is 1.23. The van der Waals surface area contributed by atoms with E-state index in [9.17, 15) is 0 Å². The van der Waals surface area contributed by atoms with E-state index in [2.05, 4.69) is 149 Å². The van der Waals surface area contributed by atoms with Gasteiger partial charge in [0.05, 0.1) is 0 Å². The molecule has 2 aliphatic rings. The summed E-state index contributed by atoms with van der Waals surface area (Å²) in [5.74, 6) is 0. The summed E-state index contributed by atoms with van der Waals surface area (Å²) in [6.45, 7) is 9.52. The van der Waals surface area contributed by atoms with Crippen LogP contribution in [0.4, 0.5) is 0 Å². The number of benzene rings is 7. The first-order valence-corrected chi connectivity index (χ1v) is 15.1. The second-order valence-corrected chi connectivity index (χ2v) is 13.3. The highest BCUT2D eigenvalue weighted by Gasteiger charge is 2.39. The maximum Gasteiger partial charge on any atom is 0.0159 e. The summed E-state index contributed by atoms with van der Waals surface area (Å²) in [6, 6.07) is 45.9. The van der Waals surface area contributed by atoms with Crippen LogP contribution in [0.5, 0.6) is 0 Å². The van der Waals surface area contributed by atoms with Crippen molar-refractivity contribution < 1.29 is 0 Å². The molecule has 0 saturated heterocycles. The van der Waals surface area contributed by atoms with E-state index in [-0.39, 0.29) is 10.8 Å². The largest absolute Gasteiger partial charge is 0.0619 e. The molecule has 0 unspecified atom stereocenters. The highest BCUT2D eigenvalue weighted by Crippen LogP contribution is 2.56. The van der Waals surface area contributed by atoms with Crippen LogP contribution in [-0.4, -0.2) is 0 Å². The Kier molecular flexibility index (Phi) is 4.56. The van der Waals surface area contributed by atoms with E-state index in [0.717, 1.165) is 0 Å². The van der Waals surface area contributed by atoms with Crippen molar-refractivity contribution in [2.24, 2.45) is 0 Å². The van der Waals surface area contributed by atoms with Crippen molar-refractivity contribution in [1.82, 2.24) is 0 Å². The molecule has 0 radical (unpaired) electrons. The quantitative estimate of drug-likeness (QED) is 0.183. The third kappa shape index (κ3) is 2.97. The van der Waals surface area contributed by atoms with Crippen LogP contribution in [0.15, 0.2) is 121 Å². The van der Waals surface area contributed by atoms with Crippen molar-refractivity contribution >= 4 is 32.3 Å². The molecule has 0 bridgehead atoms. The molecule has 0 saturated carbocycles. The van der Waals surface area contributed by atoms with Crippen LogP contribution in [0.1, 0.15) is 49.9 Å². The monoisotopic (exact) mass is 536 g/mol. The summed E-state index contributed by atoms with van der Waals surface area (Å²) >= 11 is 0.